The van der Waals surface area contributed by atoms with Gasteiger partial charge in [0.25, 0.3) is 0 Å². The summed E-state index contributed by atoms with van der Waals surface area (Å²) in [5.41, 5.74) is 1.89. The molecule has 0 radical (unpaired) electrons. The predicted octanol–water partition coefficient (Wildman–Crippen LogP) is 3.60. The van der Waals surface area contributed by atoms with Crippen LogP contribution in [0.15, 0.2) is 40.4 Å². The Kier molecular flexibility index (Phi) is 4.00. The Morgan fingerprint density at radius 1 is 1.29 bits per heavy atom. The average molecular weight is 295 g/mol. The van der Waals surface area contributed by atoms with Crippen molar-refractivity contribution in [1.82, 2.24) is 0 Å². The van der Waals surface area contributed by atoms with Gasteiger partial charge in [-0.15, -0.1) is 0 Å². The number of carbonyl (C=O) groups excluding carboxylic acids is 1. The number of cyclic esters (lactones) is 1. The van der Waals surface area contributed by atoms with Crippen LogP contribution in [-0.2, 0) is 16.0 Å². The first-order valence-corrected chi connectivity index (χ1v) is 6.65. The van der Waals surface area contributed by atoms with Gasteiger partial charge in [-0.25, -0.2) is 4.79 Å². The number of ether oxygens (including phenoxy) is 1. The normalized spacial score (nSPS) is 19.6. The molecule has 3 heteroatoms. The van der Waals surface area contributed by atoms with E-state index in [1.807, 2.05) is 30.3 Å². The maximum atomic E-state index is 11.8. The third-order valence-electron chi connectivity index (χ3n) is 2.84. The van der Waals surface area contributed by atoms with Gasteiger partial charge in [-0.3, -0.25) is 0 Å². The molecule has 0 amide bonds. The van der Waals surface area contributed by atoms with Crippen LogP contribution in [-0.4, -0.2) is 12.1 Å². The highest BCUT2D eigenvalue weighted by Crippen LogP contribution is 2.32. The molecule has 2 nitrogen and oxygen atoms in total. The lowest BCUT2D eigenvalue weighted by Gasteiger charge is -2.07. The molecule has 90 valence electrons. The lowest BCUT2D eigenvalue weighted by molar-refractivity contribution is -0.139. The van der Waals surface area contributed by atoms with Gasteiger partial charge in [-0.2, -0.15) is 0 Å². The van der Waals surface area contributed by atoms with Gasteiger partial charge in [0, 0.05) is 10.9 Å². The summed E-state index contributed by atoms with van der Waals surface area (Å²) in [6, 6.07) is 9.97. The number of halogens is 1. The predicted molar refractivity (Wildman–Crippen MR) is 70.9 cm³/mol. The number of hydrogen-bond donors (Lipinski definition) is 0. The lowest BCUT2D eigenvalue weighted by Crippen LogP contribution is -2.09. The highest BCUT2D eigenvalue weighted by molar-refractivity contribution is 9.11. The molecular weight excluding hydrogens is 280 g/mol. The summed E-state index contributed by atoms with van der Waals surface area (Å²) in [5.74, 6) is -0.181. The zero-order valence-corrected chi connectivity index (χ0v) is 11.4. The van der Waals surface area contributed by atoms with Crippen molar-refractivity contribution in [2.75, 3.05) is 0 Å². The maximum absolute atomic E-state index is 11.8. The van der Waals surface area contributed by atoms with Gasteiger partial charge in [0.2, 0.25) is 0 Å². The second kappa shape index (κ2) is 5.50. The van der Waals surface area contributed by atoms with Gasteiger partial charge < -0.3 is 4.74 Å². The molecule has 1 unspecified atom stereocenters. The molecule has 1 aromatic carbocycles. The zero-order chi connectivity index (χ0) is 12.3. The number of hydrogen-bond acceptors (Lipinski definition) is 2. The number of esters is 1. The van der Waals surface area contributed by atoms with Crippen molar-refractivity contribution in [1.29, 1.82) is 0 Å². The van der Waals surface area contributed by atoms with Crippen molar-refractivity contribution in [3.8, 4) is 0 Å². The largest absolute Gasteiger partial charge is 0.454 e. The quantitative estimate of drug-likeness (QED) is 0.793. The third-order valence-corrected chi connectivity index (χ3v) is 3.83. The molecule has 17 heavy (non-hydrogen) atoms. The summed E-state index contributed by atoms with van der Waals surface area (Å²) in [7, 11) is 0. The van der Waals surface area contributed by atoms with Crippen LogP contribution >= 0.6 is 15.9 Å². The zero-order valence-electron chi connectivity index (χ0n) is 9.78. The molecule has 0 spiro atoms. The molecule has 0 saturated carbocycles. The molecular formula is C14H15BrO2. The number of carbonyl (C=O) groups is 1. The summed E-state index contributed by atoms with van der Waals surface area (Å²) in [6.45, 7) is 2.09. The van der Waals surface area contributed by atoms with Crippen LogP contribution in [0.25, 0.3) is 0 Å². The van der Waals surface area contributed by atoms with Gasteiger partial charge in [-0.05, 0) is 12.0 Å². The van der Waals surface area contributed by atoms with E-state index in [1.54, 1.807) is 0 Å². The van der Waals surface area contributed by atoms with Gasteiger partial charge in [0.05, 0.1) is 5.57 Å². The fourth-order valence-corrected chi connectivity index (χ4v) is 2.57. The first-order chi connectivity index (χ1) is 8.22. The minimum Gasteiger partial charge on any atom is -0.454 e. The monoisotopic (exact) mass is 294 g/mol. The molecule has 0 N–H and O–H groups in total. The first-order valence-electron chi connectivity index (χ1n) is 5.85. The van der Waals surface area contributed by atoms with Gasteiger partial charge in [0.1, 0.15) is 6.10 Å². The molecule has 0 fully saturated rings. The lowest BCUT2D eigenvalue weighted by atomic mass is 10.0. The summed E-state index contributed by atoms with van der Waals surface area (Å²) in [4.78, 5) is 11.8. The molecule has 2 rings (SSSR count). The fraction of sp³-hybridized carbons (Fsp3) is 0.357. The van der Waals surface area contributed by atoms with Crippen LogP contribution in [0.5, 0.6) is 0 Å². The van der Waals surface area contributed by atoms with E-state index in [0.29, 0.717) is 6.42 Å². The molecule has 1 heterocycles. The summed E-state index contributed by atoms with van der Waals surface area (Å²) < 4.78 is 6.26. The van der Waals surface area contributed by atoms with E-state index in [1.165, 1.54) is 0 Å². The maximum Gasteiger partial charge on any atom is 0.335 e. The Morgan fingerprint density at radius 3 is 2.65 bits per heavy atom. The van der Waals surface area contributed by atoms with Crippen molar-refractivity contribution in [2.45, 2.75) is 32.3 Å². The van der Waals surface area contributed by atoms with Crippen LogP contribution in [0.4, 0.5) is 0 Å². The smallest absolute Gasteiger partial charge is 0.335 e. The highest BCUT2D eigenvalue weighted by atomic mass is 79.9. The fourth-order valence-electron chi connectivity index (χ4n) is 1.95. The van der Waals surface area contributed by atoms with E-state index < -0.39 is 0 Å². The van der Waals surface area contributed by atoms with Crippen molar-refractivity contribution in [3.05, 3.63) is 46.0 Å². The molecule has 0 saturated heterocycles. The first kappa shape index (κ1) is 12.4. The van der Waals surface area contributed by atoms with Gasteiger partial charge >= 0.3 is 5.97 Å². The van der Waals surface area contributed by atoms with Crippen LogP contribution < -0.4 is 0 Å². The van der Waals surface area contributed by atoms with E-state index in [2.05, 4.69) is 22.9 Å². The minimum absolute atomic E-state index is 0.0776. The van der Waals surface area contributed by atoms with E-state index in [4.69, 9.17) is 4.74 Å². The Bertz CT molecular complexity index is 437. The molecule has 0 aromatic heterocycles. The average Bonchev–Trinajstić information content (AvgIpc) is 2.59. The summed E-state index contributed by atoms with van der Waals surface area (Å²) >= 11 is 3.50. The summed E-state index contributed by atoms with van der Waals surface area (Å²) in [5, 5.41) is 0. The molecule has 1 aliphatic heterocycles. The standard InChI is InChI=1S/C14H15BrO2/c1-2-6-12-13(15)11(14(16)17-12)9-10-7-4-3-5-8-10/h3-5,7-8,12H,2,6,9H2,1H3. The van der Waals surface area contributed by atoms with E-state index in [0.717, 1.165) is 28.5 Å². The van der Waals surface area contributed by atoms with Crippen LogP contribution in [0, 0.1) is 0 Å². The molecule has 1 aromatic rings. The molecule has 0 bridgehead atoms. The van der Waals surface area contributed by atoms with Crippen molar-refractivity contribution >= 4 is 21.9 Å². The Morgan fingerprint density at radius 2 is 2.00 bits per heavy atom. The van der Waals surface area contributed by atoms with Crippen LogP contribution in [0.3, 0.4) is 0 Å². The van der Waals surface area contributed by atoms with E-state index in [9.17, 15) is 4.79 Å². The Labute approximate surface area is 110 Å². The minimum atomic E-state index is -0.181. The molecule has 0 aliphatic carbocycles. The second-order valence-corrected chi connectivity index (χ2v) is 5.03. The molecule has 1 aliphatic rings. The SMILES string of the molecule is CCCC1OC(=O)C(Cc2ccccc2)=C1Br. The number of rotatable bonds is 4. The Hall–Kier alpha value is -1.09. The van der Waals surface area contributed by atoms with Crippen molar-refractivity contribution in [2.24, 2.45) is 0 Å². The Balaban J connectivity index is 2.17. The molecule has 1 atom stereocenters. The van der Waals surface area contributed by atoms with Crippen LogP contribution in [0.1, 0.15) is 25.3 Å². The van der Waals surface area contributed by atoms with Crippen LogP contribution in [0.2, 0.25) is 0 Å². The number of benzene rings is 1. The van der Waals surface area contributed by atoms with Gasteiger partial charge in [-0.1, -0.05) is 59.6 Å². The second-order valence-electron chi connectivity index (χ2n) is 4.17. The van der Waals surface area contributed by atoms with E-state index in [-0.39, 0.29) is 12.1 Å². The summed E-state index contributed by atoms with van der Waals surface area (Å²) in [6.07, 6.45) is 2.45. The third kappa shape index (κ3) is 2.78. The van der Waals surface area contributed by atoms with Crippen molar-refractivity contribution in [3.63, 3.8) is 0 Å². The van der Waals surface area contributed by atoms with Crippen molar-refractivity contribution < 1.29 is 9.53 Å². The van der Waals surface area contributed by atoms with Gasteiger partial charge in [0.15, 0.2) is 0 Å². The highest BCUT2D eigenvalue weighted by Gasteiger charge is 2.31. The van der Waals surface area contributed by atoms with E-state index >= 15 is 0 Å². The topological polar surface area (TPSA) is 26.3 Å².